The molecule has 2 saturated carbocycles. The topological polar surface area (TPSA) is 37.5 Å². The summed E-state index contributed by atoms with van der Waals surface area (Å²) >= 11 is 0. The van der Waals surface area contributed by atoms with Crippen molar-refractivity contribution in [2.75, 3.05) is 0 Å². The van der Waals surface area contributed by atoms with Gasteiger partial charge in [-0.1, -0.05) is 172 Å². The Morgan fingerprint density at radius 2 is 0.985 bits per heavy atom. The quantitative estimate of drug-likeness (QED) is 0.187. The van der Waals surface area contributed by atoms with Crippen LogP contribution in [0.2, 0.25) is 0 Å². The second kappa shape index (κ2) is 15.2. The van der Waals surface area contributed by atoms with Gasteiger partial charge in [0.25, 0.3) is 0 Å². The fourth-order valence-corrected chi connectivity index (χ4v) is 13.3. The first kappa shape index (κ1) is 39.0. The fraction of sp³-hybridized carbons (Fsp3) is 0.203. The first-order valence-corrected chi connectivity index (χ1v) is 24.8. The van der Waals surface area contributed by atoms with Crippen LogP contribution in [0.15, 0.2) is 191 Å². The molecule has 0 bridgehead atoms. The Bertz CT molecular complexity index is 3500. The van der Waals surface area contributed by atoms with E-state index in [1.54, 1.807) is 22.3 Å². The number of fused-ring (bicyclic) bond motifs is 13. The molecule has 2 fully saturated rings. The molecule has 1 N–H and O–H groups in total. The van der Waals surface area contributed by atoms with E-state index in [1.165, 1.54) is 109 Å². The van der Waals surface area contributed by atoms with E-state index in [9.17, 15) is 0 Å². The van der Waals surface area contributed by atoms with E-state index in [1.807, 2.05) is 12.1 Å². The average Bonchev–Trinajstić information content (AvgIpc) is 3.99. The van der Waals surface area contributed by atoms with Crippen LogP contribution in [0.25, 0.3) is 72.1 Å². The van der Waals surface area contributed by atoms with Crippen molar-refractivity contribution < 1.29 is 4.42 Å². The van der Waals surface area contributed by atoms with Crippen molar-refractivity contribution in [3.63, 3.8) is 0 Å². The molecule has 5 aliphatic rings. The average molecular weight is 865 g/mol. The Kier molecular flexibility index (Phi) is 8.82. The minimum Gasteiger partial charge on any atom is -0.456 e. The summed E-state index contributed by atoms with van der Waals surface area (Å²) in [6.07, 6.45) is 14.9. The molecule has 0 saturated heterocycles. The van der Waals surface area contributed by atoms with Crippen molar-refractivity contribution in [1.29, 1.82) is 0 Å². The molecule has 1 atom stereocenters. The zero-order valence-corrected chi connectivity index (χ0v) is 37.8. The van der Waals surface area contributed by atoms with Gasteiger partial charge in [-0.2, -0.15) is 0 Å². The lowest BCUT2D eigenvalue weighted by Gasteiger charge is -2.37. The van der Waals surface area contributed by atoms with Crippen LogP contribution in [0.3, 0.4) is 0 Å². The molecule has 0 amide bonds. The Balaban J connectivity index is 0.812. The summed E-state index contributed by atoms with van der Waals surface area (Å²) in [5, 5.41) is 6.00. The van der Waals surface area contributed by atoms with Gasteiger partial charge in [0, 0.05) is 32.9 Å². The predicted octanol–water partition coefficient (Wildman–Crippen LogP) is 16.5. The summed E-state index contributed by atoms with van der Waals surface area (Å²) in [6.45, 7) is 0. The van der Waals surface area contributed by atoms with Crippen molar-refractivity contribution >= 4 is 33.3 Å². The smallest absolute Gasteiger partial charge is 0.145 e. The maximum Gasteiger partial charge on any atom is 0.145 e. The molecule has 3 nitrogen and oxygen atoms in total. The molecular weight excluding hydrogens is 813 g/mol. The van der Waals surface area contributed by atoms with E-state index < -0.39 is 0 Å². The number of hydrogen-bond acceptors (Lipinski definition) is 3. The number of benzene rings is 8. The number of aliphatic imine (C=N–C) groups is 1. The van der Waals surface area contributed by atoms with Crippen molar-refractivity contribution in [1.82, 2.24) is 5.32 Å². The van der Waals surface area contributed by atoms with Gasteiger partial charge in [0.1, 0.15) is 17.3 Å². The molecule has 4 aliphatic carbocycles. The normalized spacial score (nSPS) is 18.5. The number of allylic oxidation sites excluding steroid dienone is 1. The van der Waals surface area contributed by atoms with Crippen LogP contribution < -0.4 is 5.32 Å². The van der Waals surface area contributed by atoms with Crippen molar-refractivity contribution in [2.24, 2.45) is 4.99 Å². The summed E-state index contributed by atoms with van der Waals surface area (Å²) in [7, 11) is 0. The number of hydrogen-bond donors (Lipinski definition) is 1. The van der Waals surface area contributed by atoms with Crippen molar-refractivity contribution in [3.05, 3.63) is 221 Å². The second-order valence-electron chi connectivity index (χ2n) is 20.0. The molecule has 8 aromatic carbocycles. The molecule has 1 aromatic heterocycles. The monoisotopic (exact) mass is 864 g/mol. The predicted molar refractivity (Wildman–Crippen MR) is 276 cm³/mol. The molecule has 2 heterocycles. The molecule has 14 rings (SSSR count). The van der Waals surface area contributed by atoms with Gasteiger partial charge in [0.15, 0.2) is 0 Å². The molecule has 1 unspecified atom stereocenters. The summed E-state index contributed by atoms with van der Waals surface area (Å²) in [4.78, 5) is 5.29. The minimum atomic E-state index is -0.225. The molecule has 2 spiro atoms. The fourth-order valence-electron chi connectivity index (χ4n) is 13.3. The number of furan rings is 1. The molecule has 9 aromatic rings. The Morgan fingerprint density at radius 1 is 0.403 bits per heavy atom. The van der Waals surface area contributed by atoms with E-state index >= 15 is 0 Å². The van der Waals surface area contributed by atoms with Crippen LogP contribution in [0, 0.1) is 0 Å². The Morgan fingerprint density at radius 3 is 1.76 bits per heavy atom. The van der Waals surface area contributed by atoms with Gasteiger partial charge in [-0.15, -0.1) is 0 Å². The van der Waals surface area contributed by atoms with Crippen LogP contribution in [0.5, 0.6) is 0 Å². The first-order valence-electron chi connectivity index (χ1n) is 24.8. The summed E-state index contributed by atoms with van der Waals surface area (Å²) < 4.78 is 6.32. The summed E-state index contributed by atoms with van der Waals surface area (Å²) in [6, 6.07) is 65.7. The Labute approximate surface area is 392 Å². The van der Waals surface area contributed by atoms with Gasteiger partial charge < -0.3 is 9.73 Å². The third kappa shape index (κ3) is 6.06. The molecule has 1 aliphatic heterocycles. The Hall–Kier alpha value is -7.23. The van der Waals surface area contributed by atoms with Crippen LogP contribution >= 0.6 is 0 Å². The van der Waals surface area contributed by atoms with Crippen molar-refractivity contribution in [2.45, 2.75) is 81.2 Å². The van der Waals surface area contributed by atoms with Crippen LogP contribution in [-0.4, -0.2) is 5.71 Å². The van der Waals surface area contributed by atoms with Crippen LogP contribution in [0.4, 0.5) is 0 Å². The largest absolute Gasteiger partial charge is 0.456 e. The summed E-state index contributed by atoms with van der Waals surface area (Å²) in [5.74, 6) is 0. The zero-order valence-electron chi connectivity index (χ0n) is 37.8. The maximum absolute atomic E-state index is 6.32. The van der Waals surface area contributed by atoms with E-state index in [0.717, 1.165) is 50.0 Å². The number of rotatable bonds is 5. The highest BCUT2D eigenvalue weighted by atomic mass is 16.3. The zero-order chi connectivity index (χ0) is 44.1. The van der Waals surface area contributed by atoms with Gasteiger partial charge in [-0.3, -0.25) is 4.99 Å². The highest BCUT2D eigenvalue weighted by molar-refractivity contribution is 6.14. The molecule has 0 radical (unpaired) electrons. The highest BCUT2D eigenvalue weighted by Gasteiger charge is 2.49. The highest BCUT2D eigenvalue weighted by Crippen LogP contribution is 2.62. The van der Waals surface area contributed by atoms with E-state index in [-0.39, 0.29) is 17.0 Å². The lowest BCUT2D eigenvalue weighted by molar-refractivity contribution is 0.350. The standard InChI is InChI=1S/C64H52N2O/c1-4-15-43(16-5-1)62-65-58(40-59(66-62)47-27-29-50-49-20-7-9-22-60(49)67-61(50)37-47)42-25-23-41(24-26-42)44-17-14-18-45(35-44)46-28-30-55-51(36-46)53-39-56-52(38-57(53)64(55)33-12-3-13-34-64)48-19-6-8-21-54(48)63(56)31-10-2-11-32-63/h1,4-9,14-30,35-40,62,66H,2-3,10-13,31-34H2. The third-order valence-electron chi connectivity index (χ3n) is 16.5. The SMILES string of the molecule is C1=C(c2ccc3c(c2)oc2ccccc23)NC(c2ccccc2)N=C1c1ccc(-c2cccc(-c3ccc4c(c3)-c3cc5c(cc3C43CCCCC3)-c3ccccc3C53CCCCC3)c2)cc1. The van der Waals surface area contributed by atoms with Gasteiger partial charge in [-0.25, -0.2) is 0 Å². The number of para-hydroxylation sites is 1. The first-order chi connectivity index (χ1) is 33.1. The van der Waals surface area contributed by atoms with Crippen LogP contribution in [0.1, 0.15) is 109 Å². The molecule has 67 heavy (non-hydrogen) atoms. The lowest BCUT2D eigenvalue weighted by atomic mass is 9.66. The van der Waals surface area contributed by atoms with E-state index in [2.05, 4.69) is 175 Å². The van der Waals surface area contributed by atoms with Crippen LogP contribution in [-0.2, 0) is 10.8 Å². The molecular formula is C64H52N2O. The minimum absolute atomic E-state index is 0.106. The number of nitrogens with zero attached hydrogens (tertiary/aromatic N) is 1. The van der Waals surface area contributed by atoms with Gasteiger partial charge in [0.2, 0.25) is 0 Å². The van der Waals surface area contributed by atoms with E-state index in [0.29, 0.717) is 0 Å². The van der Waals surface area contributed by atoms with Gasteiger partial charge in [-0.05, 0) is 152 Å². The maximum atomic E-state index is 6.32. The molecule has 3 heteroatoms. The summed E-state index contributed by atoms with van der Waals surface area (Å²) in [5.41, 5.74) is 24.6. The van der Waals surface area contributed by atoms with E-state index in [4.69, 9.17) is 9.41 Å². The third-order valence-corrected chi connectivity index (χ3v) is 16.5. The molecule has 324 valence electrons. The van der Waals surface area contributed by atoms with Crippen molar-refractivity contribution in [3.8, 4) is 44.5 Å². The lowest BCUT2D eigenvalue weighted by Crippen LogP contribution is -2.29. The van der Waals surface area contributed by atoms with Gasteiger partial charge in [0.05, 0.1) is 5.71 Å². The second-order valence-corrected chi connectivity index (χ2v) is 20.0. The number of nitrogens with one attached hydrogen (secondary N) is 1. The van der Waals surface area contributed by atoms with Gasteiger partial charge >= 0.3 is 0 Å².